The zero-order valence-corrected chi connectivity index (χ0v) is 10.6. The molecule has 2 aliphatic rings. The van der Waals surface area contributed by atoms with Gasteiger partial charge >= 0.3 is 5.97 Å². The standard InChI is InChI=1S/C15H18O3/c1-18-14(17)12-6-8-15(12)7-2-3-10-4-5-11(16)9-13(10)15/h4-5,9,12,16H,2-3,6-8H2,1H3. The molecule has 0 amide bonds. The monoisotopic (exact) mass is 246 g/mol. The van der Waals surface area contributed by atoms with Crippen LogP contribution < -0.4 is 0 Å². The number of benzene rings is 1. The third-order valence-electron chi connectivity index (χ3n) is 4.73. The summed E-state index contributed by atoms with van der Waals surface area (Å²) in [5.74, 6) is 0.173. The van der Waals surface area contributed by atoms with E-state index in [0.717, 1.165) is 32.1 Å². The molecule has 2 atom stereocenters. The van der Waals surface area contributed by atoms with E-state index in [2.05, 4.69) is 0 Å². The number of carbonyl (C=O) groups is 1. The summed E-state index contributed by atoms with van der Waals surface area (Å²) >= 11 is 0. The first-order chi connectivity index (χ1) is 8.67. The molecule has 0 heterocycles. The van der Waals surface area contributed by atoms with Gasteiger partial charge < -0.3 is 9.84 Å². The molecule has 0 aliphatic heterocycles. The molecule has 2 unspecified atom stereocenters. The molecule has 1 spiro atoms. The molecule has 0 bridgehead atoms. The van der Waals surface area contributed by atoms with Gasteiger partial charge in [0.25, 0.3) is 0 Å². The summed E-state index contributed by atoms with van der Waals surface area (Å²) in [7, 11) is 1.46. The highest BCUT2D eigenvalue weighted by Crippen LogP contribution is 2.56. The number of aryl methyl sites for hydroxylation is 1. The van der Waals surface area contributed by atoms with E-state index in [1.54, 1.807) is 6.07 Å². The normalized spacial score (nSPS) is 29.5. The number of methoxy groups -OCH3 is 1. The molecule has 0 saturated heterocycles. The van der Waals surface area contributed by atoms with Crippen molar-refractivity contribution in [3.63, 3.8) is 0 Å². The van der Waals surface area contributed by atoms with Crippen LogP contribution in [0.1, 0.15) is 36.8 Å². The van der Waals surface area contributed by atoms with Gasteiger partial charge in [-0.2, -0.15) is 0 Å². The van der Waals surface area contributed by atoms with Crippen molar-refractivity contribution in [3.05, 3.63) is 29.3 Å². The van der Waals surface area contributed by atoms with E-state index < -0.39 is 0 Å². The summed E-state index contributed by atoms with van der Waals surface area (Å²) in [6.07, 6.45) is 5.13. The van der Waals surface area contributed by atoms with Gasteiger partial charge in [0.05, 0.1) is 13.0 Å². The lowest BCUT2D eigenvalue weighted by molar-refractivity contribution is -0.153. The second-order valence-electron chi connectivity index (χ2n) is 5.47. The van der Waals surface area contributed by atoms with E-state index in [1.165, 1.54) is 18.2 Å². The molecule has 1 fully saturated rings. The Hall–Kier alpha value is -1.51. The molecule has 3 heteroatoms. The van der Waals surface area contributed by atoms with Crippen LogP contribution >= 0.6 is 0 Å². The minimum Gasteiger partial charge on any atom is -0.508 e. The van der Waals surface area contributed by atoms with Crippen LogP contribution in [0.5, 0.6) is 5.75 Å². The fourth-order valence-corrected chi connectivity index (χ4v) is 3.72. The first-order valence-electron chi connectivity index (χ1n) is 6.57. The zero-order valence-electron chi connectivity index (χ0n) is 10.6. The Labute approximate surface area is 107 Å². The molecule has 2 aliphatic carbocycles. The van der Waals surface area contributed by atoms with Crippen molar-refractivity contribution in [1.82, 2.24) is 0 Å². The van der Waals surface area contributed by atoms with Crippen LogP contribution in [0.4, 0.5) is 0 Å². The molecular formula is C15H18O3. The van der Waals surface area contributed by atoms with Gasteiger partial charge in [-0.3, -0.25) is 4.79 Å². The average Bonchev–Trinajstić information content (AvgIpc) is 2.36. The van der Waals surface area contributed by atoms with Gasteiger partial charge in [-0.15, -0.1) is 0 Å². The number of phenolic OH excluding ortho intramolecular Hbond substituents is 1. The molecule has 3 rings (SSSR count). The highest BCUT2D eigenvalue weighted by atomic mass is 16.5. The number of rotatable bonds is 1. The number of hydrogen-bond donors (Lipinski definition) is 1. The number of ether oxygens (including phenoxy) is 1. The molecular weight excluding hydrogens is 228 g/mol. The van der Waals surface area contributed by atoms with E-state index in [4.69, 9.17) is 4.74 Å². The molecule has 0 radical (unpaired) electrons. The molecule has 1 aromatic rings. The maximum atomic E-state index is 11.9. The lowest BCUT2D eigenvalue weighted by Crippen LogP contribution is -2.50. The summed E-state index contributed by atoms with van der Waals surface area (Å²) in [4.78, 5) is 11.9. The lowest BCUT2D eigenvalue weighted by atomic mass is 9.52. The second-order valence-corrected chi connectivity index (χ2v) is 5.47. The zero-order chi connectivity index (χ0) is 12.8. The Morgan fingerprint density at radius 2 is 2.28 bits per heavy atom. The number of fused-ring (bicyclic) bond motifs is 2. The smallest absolute Gasteiger partial charge is 0.309 e. The van der Waals surface area contributed by atoms with Crippen molar-refractivity contribution in [3.8, 4) is 5.75 Å². The lowest BCUT2D eigenvalue weighted by Gasteiger charge is -2.51. The minimum atomic E-state index is -0.0996. The Balaban J connectivity index is 2.05. The molecule has 0 aromatic heterocycles. The van der Waals surface area contributed by atoms with Gasteiger partial charge in [-0.25, -0.2) is 0 Å². The average molecular weight is 246 g/mol. The summed E-state index contributed by atoms with van der Waals surface area (Å²) < 4.78 is 4.93. The molecule has 1 aromatic carbocycles. The maximum absolute atomic E-state index is 11.9. The van der Waals surface area contributed by atoms with Gasteiger partial charge in [0, 0.05) is 5.41 Å². The van der Waals surface area contributed by atoms with Crippen LogP contribution in [0.25, 0.3) is 0 Å². The first kappa shape index (κ1) is 11.6. The Kier molecular flexibility index (Phi) is 2.58. The van der Waals surface area contributed by atoms with E-state index in [0.29, 0.717) is 5.75 Å². The Morgan fingerprint density at radius 1 is 1.44 bits per heavy atom. The number of phenols is 1. The van der Waals surface area contributed by atoms with Crippen molar-refractivity contribution < 1.29 is 14.6 Å². The first-order valence-corrected chi connectivity index (χ1v) is 6.57. The van der Waals surface area contributed by atoms with Gasteiger partial charge in [0.2, 0.25) is 0 Å². The highest BCUT2D eigenvalue weighted by Gasteiger charge is 2.53. The molecule has 1 saturated carbocycles. The third-order valence-corrected chi connectivity index (χ3v) is 4.73. The van der Waals surface area contributed by atoms with Crippen molar-refractivity contribution in [1.29, 1.82) is 0 Å². The Bertz CT molecular complexity index is 495. The predicted octanol–water partition coefficient (Wildman–Crippen LogP) is 2.55. The molecule has 18 heavy (non-hydrogen) atoms. The van der Waals surface area contributed by atoms with Crippen LogP contribution in [0.15, 0.2) is 18.2 Å². The fourth-order valence-electron chi connectivity index (χ4n) is 3.72. The molecule has 3 nitrogen and oxygen atoms in total. The number of carbonyl (C=O) groups excluding carboxylic acids is 1. The summed E-state index contributed by atoms with van der Waals surface area (Å²) in [6, 6.07) is 5.59. The van der Waals surface area contributed by atoms with Crippen LogP contribution in [-0.2, 0) is 21.4 Å². The summed E-state index contributed by atoms with van der Waals surface area (Å²) in [5, 5.41) is 9.71. The predicted molar refractivity (Wildman–Crippen MR) is 67.5 cm³/mol. The van der Waals surface area contributed by atoms with Gasteiger partial charge in [-0.1, -0.05) is 6.07 Å². The topological polar surface area (TPSA) is 46.5 Å². The van der Waals surface area contributed by atoms with E-state index in [9.17, 15) is 9.90 Å². The maximum Gasteiger partial charge on any atom is 0.309 e. The number of esters is 1. The molecule has 1 N–H and O–H groups in total. The number of hydrogen-bond acceptors (Lipinski definition) is 3. The third kappa shape index (κ3) is 1.46. The van der Waals surface area contributed by atoms with Crippen molar-refractivity contribution in [2.45, 2.75) is 37.5 Å². The van der Waals surface area contributed by atoms with E-state index in [-0.39, 0.29) is 17.3 Å². The van der Waals surface area contributed by atoms with Gasteiger partial charge in [-0.05, 0) is 55.4 Å². The minimum absolute atomic E-state index is 0.0247. The van der Waals surface area contributed by atoms with Crippen LogP contribution in [0.3, 0.4) is 0 Å². The SMILES string of the molecule is COC(=O)C1CCC12CCCc1ccc(O)cc12. The highest BCUT2D eigenvalue weighted by molar-refractivity contribution is 5.76. The van der Waals surface area contributed by atoms with Crippen molar-refractivity contribution >= 4 is 5.97 Å². The molecule has 96 valence electrons. The quantitative estimate of drug-likeness (QED) is 0.775. The van der Waals surface area contributed by atoms with Crippen molar-refractivity contribution in [2.24, 2.45) is 5.92 Å². The fraction of sp³-hybridized carbons (Fsp3) is 0.533. The van der Waals surface area contributed by atoms with Crippen molar-refractivity contribution in [2.75, 3.05) is 7.11 Å². The van der Waals surface area contributed by atoms with Crippen LogP contribution in [0.2, 0.25) is 0 Å². The Morgan fingerprint density at radius 3 is 2.94 bits per heavy atom. The van der Waals surface area contributed by atoms with E-state index in [1.807, 2.05) is 12.1 Å². The second kappa shape index (κ2) is 4.01. The van der Waals surface area contributed by atoms with Gasteiger partial charge in [0.1, 0.15) is 5.75 Å². The largest absolute Gasteiger partial charge is 0.508 e. The summed E-state index contributed by atoms with van der Waals surface area (Å²) in [6.45, 7) is 0. The van der Waals surface area contributed by atoms with E-state index >= 15 is 0 Å². The van der Waals surface area contributed by atoms with Crippen LogP contribution in [-0.4, -0.2) is 18.2 Å². The van der Waals surface area contributed by atoms with Gasteiger partial charge in [0.15, 0.2) is 0 Å². The van der Waals surface area contributed by atoms with Crippen LogP contribution in [0, 0.1) is 5.92 Å². The summed E-state index contributed by atoms with van der Waals surface area (Å²) in [5.41, 5.74) is 2.39. The number of aromatic hydroxyl groups is 1.